The van der Waals surface area contributed by atoms with Crippen LogP contribution in [0.2, 0.25) is 0 Å². The van der Waals surface area contributed by atoms with Crippen LogP contribution in [0.1, 0.15) is 40.9 Å². The zero-order valence-corrected chi connectivity index (χ0v) is 21.6. The molecule has 0 saturated heterocycles. The van der Waals surface area contributed by atoms with Gasteiger partial charge in [0.25, 0.3) is 0 Å². The molecule has 0 aliphatic carbocycles. The smallest absolute Gasteiger partial charge is 0.336 e. The number of fused-ring (bicyclic) bond motifs is 1. The molecular weight excluding hydrogens is 479 g/mol. The van der Waals surface area contributed by atoms with Crippen LogP contribution >= 0.6 is 0 Å². The van der Waals surface area contributed by atoms with Crippen molar-refractivity contribution in [3.8, 4) is 5.75 Å². The Balaban J connectivity index is 1.36. The molecule has 1 aliphatic rings. The number of anilines is 3. The van der Waals surface area contributed by atoms with Gasteiger partial charge in [-0.1, -0.05) is 36.4 Å². The maximum atomic E-state index is 13.3. The summed E-state index contributed by atoms with van der Waals surface area (Å²) in [5.74, 6) is 1.09. The largest absolute Gasteiger partial charge is 0.423 e. The third-order valence-electron chi connectivity index (χ3n) is 6.82. The molecule has 2 heterocycles. The van der Waals surface area contributed by atoms with Crippen LogP contribution in [0.25, 0.3) is 6.08 Å². The van der Waals surface area contributed by atoms with Gasteiger partial charge in [0, 0.05) is 29.6 Å². The Morgan fingerprint density at radius 2 is 1.82 bits per heavy atom. The van der Waals surface area contributed by atoms with E-state index >= 15 is 0 Å². The number of rotatable bonds is 6. The fourth-order valence-corrected chi connectivity index (χ4v) is 4.63. The number of nitrogens with zero attached hydrogens (tertiary/aromatic N) is 3. The molecule has 1 N–H and O–H groups in total. The van der Waals surface area contributed by atoms with Crippen LogP contribution in [0.15, 0.2) is 78.9 Å². The summed E-state index contributed by atoms with van der Waals surface area (Å²) >= 11 is 0. The quantitative estimate of drug-likeness (QED) is 0.177. The van der Waals surface area contributed by atoms with Crippen molar-refractivity contribution < 1.29 is 13.9 Å². The molecule has 38 heavy (non-hydrogen) atoms. The van der Waals surface area contributed by atoms with E-state index in [1.165, 1.54) is 23.8 Å². The first-order valence-corrected chi connectivity index (χ1v) is 12.6. The van der Waals surface area contributed by atoms with Crippen LogP contribution in [-0.2, 0) is 11.2 Å². The number of aromatic nitrogens is 2. The molecule has 3 aromatic carbocycles. The lowest BCUT2D eigenvalue weighted by atomic mass is 9.93. The lowest BCUT2D eigenvalue weighted by molar-refractivity contribution is -0.128. The monoisotopic (exact) mass is 508 g/mol. The van der Waals surface area contributed by atoms with E-state index in [0.29, 0.717) is 17.4 Å². The van der Waals surface area contributed by atoms with Crippen molar-refractivity contribution in [2.24, 2.45) is 0 Å². The Morgan fingerprint density at radius 1 is 1.05 bits per heavy atom. The van der Waals surface area contributed by atoms with Gasteiger partial charge in [0.2, 0.25) is 5.95 Å². The zero-order chi connectivity index (χ0) is 26.6. The summed E-state index contributed by atoms with van der Waals surface area (Å²) in [7, 11) is 0. The van der Waals surface area contributed by atoms with Crippen LogP contribution in [0.5, 0.6) is 5.75 Å². The maximum absolute atomic E-state index is 13.3. The molecule has 1 aromatic heterocycles. The zero-order valence-electron chi connectivity index (χ0n) is 21.6. The van der Waals surface area contributed by atoms with E-state index in [2.05, 4.69) is 22.1 Å². The molecule has 7 heteroatoms. The first-order valence-electron chi connectivity index (χ1n) is 12.6. The van der Waals surface area contributed by atoms with Crippen molar-refractivity contribution in [2.75, 3.05) is 16.8 Å². The Hall–Kier alpha value is -4.52. The summed E-state index contributed by atoms with van der Waals surface area (Å²) in [5, 5.41) is 3.19. The molecule has 0 amide bonds. The van der Waals surface area contributed by atoms with Gasteiger partial charge in [-0.05, 0) is 86.4 Å². The van der Waals surface area contributed by atoms with Gasteiger partial charge in [-0.25, -0.2) is 14.2 Å². The molecule has 1 unspecified atom stereocenters. The molecule has 0 fully saturated rings. The van der Waals surface area contributed by atoms with Crippen LogP contribution in [0.4, 0.5) is 21.8 Å². The fraction of sp³-hybridized carbons (Fsp3) is 0.194. The number of esters is 1. The Kier molecular flexibility index (Phi) is 7.18. The highest BCUT2D eigenvalue weighted by Gasteiger charge is 2.27. The second-order valence-corrected chi connectivity index (χ2v) is 9.36. The number of ether oxygens (including phenoxy) is 1. The molecule has 0 bridgehead atoms. The number of carbonyl (C=O) groups excluding carboxylic acids is 1. The van der Waals surface area contributed by atoms with E-state index in [9.17, 15) is 9.18 Å². The third-order valence-corrected chi connectivity index (χ3v) is 6.82. The number of nitrogens with one attached hydrogen (secondary N) is 1. The van der Waals surface area contributed by atoms with Crippen molar-refractivity contribution >= 4 is 29.5 Å². The first kappa shape index (κ1) is 25.1. The van der Waals surface area contributed by atoms with Crippen molar-refractivity contribution in [3.63, 3.8) is 0 Å². The number of aryl methyl sites for hydroxylation is 1. The lowest BCUT2D eigenvalue weighted by Crippen LogP contribution is -2.35. The second kappa shape index (κ2) is 10.8. The molecule has 1 atom stereocenters. The van der Waals surface area contributed by atoms with Gasteiger partial charge in [0.1, 0.15) is 17.4 Å². The highest BCUT2D eigenvalue weighted by Crippen LogP contribution is 2.37. The Morgan fingerprint density at radius 3 is 2.58 bits per heavy atom. The number of carbonyl (C=O) groups is 1. The van der Waals surface area contributed by atoms with Crippen LogP contribution in [0, 0.1) is 19.7 Å². The molecule has 0 spiro atoms. The summed E-state index contributed by atoms with van der Waals surface area (Å²) in [5.41, 5.74) is 5.83. The van der Waals surface area contributed by atoms with Gasteiger partial charge in [-0.15, -0.1) is 0 Å². The van der Waals surface area contributed by atoms with Gasteiger partial charge in [-0.3, -0.25) is 0 Å². The summed E-state index contributed by atoms with van der Waals surface area (Å²) in [6.45, 7) is 6.90. The van der Waals surface area contributed by atoms with E-state index in [4.69, 9.17) is 9.72 Å². The van der Waals surface area contributed by atoms with E-state index in [0.717, 1.165) is 41.2 Å². The molecule has 192 valence electrons. The molecule has 0 saturated carbocycles. The van der Waals surface area contributed by atoms with Gasteiger partial charge in [0.15, 0.2) is 0 Å². The van der Waals surface area contributed by atoms with Crippen LogP contribution < -0.4 is 15.0 Å². The highest BCUT2D eigenvalue weighted by atomic mass is 19.1. The Bertz CT molecular complexity index is 1490. The summed E-state index contributed by atoms with van der Waals surface area (Å²) < 4.78 is 18.9. The molecule has 5 rings (SSSR count). The van der Waals surface area contributed by atoms with Gasteiger partial charge in [0.05, 0.1) is 6.04 Å². The minimum absolute atomic E-state index is 0.00364. The van der Waals surface area contributed by atoms with E-state index in [-0.39, 0.29) is 11.9 Å². The average Bonchev–Trinajstić information content (AvgIpc) is 2.92. The predicted molar refractivity (Wildman–Crippen MR) is 148 cm³/mol. The summed E-state index contributed by atoms with van der Waals surface area (Å²) in [6, 6.07) is 21.6. The minimum Gasteiger partial charge on any atom is -0.423 e. The predicted octanol–water partition coefficient (Wildman–Crippen LogP) is 6.72. The van der Waals surface area contributed by atoms with E-state index in [1.54, 1.807) is 18.2 Å². The normalized spacial score (nSPS) is 14.8. The molecule has 0 radical (unpaired) electrons. The van der Waals surface area contributed by atoms with Crippen molar-refractivity contribution in [3.05, 3.63) is 113 Å². The number of halogens is 1. The van der Waals surface area contributed by atoms with Gasteiger partial charge < -0.3 is 15.0 Å². The SMILES string of the molecule is Cc1nc(Nc2ccc(F)cc2)nc(N2CCc3ccc(OC(=O)C=Cc4ccccc4)cc3C2C)c1C. The fourth-order valence-electron chi connectivity index (χ4n) is 4.63. The average molecular weight is 509 g/mol. The van der Waals surface area contributed by atoms with Crippen molar-refractivity contribution in [1.82, 2.24) is 9.97 Å². The number of benzene rings is 3. The van der Waals surface area contributed by atoms with Crippen molar-refractivity contribution in [2.45, 2.75) is 33.2 Å². The van der Waals surface area contributed by atoms with Crippen LogP contribution in [0.3, 0.4) is 0 Å². The molecule has 4 aromatic rings. The highest BCUT2D eigenvalue weighted by molar-refractivity contribution is 5.88. The first-order chi connectivity index (χ1) is 18.4. The lowest BCUT2D eigenvalue weighted by Gasteiger charge is -2.37. The number of hydrogen-bond acceptors (Lipinski definition) is 6. The van der Waals surface area contributed by atoms with E-state index < -0.39 is 5.97 Å². The molecule has 6 nitrogen and oxygen atoms in total. The van der Waals surface area contributed by atoms with Crippen LogP contribution in [-0.4, -0.2) is 22.5 Å². The van der Waals surface area contributed by atoms with Gasteiger partial charge >= 0.3 is 5.97 Å². The molecule has 1 aliphatic heterocycles. The third kappa shape index (κ3) is 5.57. The summed E-state index contributed by atoms with van der Waals surface area (Å²) in [6.07, 6.45) is 4.01. The minimum atomic E-state index is -0.423. The Labute approximate surface area is 221 Å². The van der Waals surface area contributed by atoms with E-state index in [1.807, 2.05) is 62.4 Å². The topological polar surface area (TPSA) is 67.3 Å². The molecular formula is C31H29FN4O2. The summed E-state index contributed by atoms with van der Waals surface area (Å²) in [4.78, 5) is 24.1. The standard InChI is InChI=1S/C31H29FN4O2/c1-20-21(2)33-31(34-26-13-11-25(32)12-14-26)35-30(20)36-18-17-24-10-15-27(19-28(24)22(36)3)38-29(37)16-9-23-7-5-4-6-8-23/h4-16,19,22H,17-18H2,1-3H3,(H,33,34,35). The van der Waals surface area contributed by atoms with Crippen molar-refractivity contribution in [1.29, 1.82) is 0 Å². The van der Waals surface area contributed by atoms with Gasteiger partial charge in [-0.2, -0.15) is 4.98 Å². The second-order valence-electron chi connectivity index (χ2n) is 9.36. The number of hydrogen-bond donors (Lipinski definition) is 1. The maximum Gasteiger partial charge on any atom is 0.336 e.